The molecular formula is C14H11ClF3NO3S. The van der Waals surface area contributed by atoms with E-state index in [1.54, 1.807) is 24.3 Å². The lowest BCUT2D eigenvalue weighted by Gasteiger charge is -2.11. The fraction of sp³-hybridized carbons (Fsp3) is 0.143. The highest BCUT2D eigenvalue weighted by Crippen LogP contribution is 2.25. The van der Waals surface area contributed by atoms with Gasteiger partial charge in [-0.15, -0.1) is 13.2 Å². The van der Waals surface area contributed by atoms with Crippen molar-refractivity contribution >= 4 is 21.6 Å². The van der Waals surface area contributed by atoms with Gasteiger partial charge in [0.25, 0.3) is 0 Å². The van der Waals surface area contributed by atoms with E-state index in [9.17, 15) is 21.6 Å². The molecule has 0 heterocycles. The fourth-order valence-corrected chi connectivity index (χ4v) is 2.98. The van der Waals surface area contributed by atoms with Crippen LogP contribution >= 0.6 is 11.6 Å². The Morgan fingerprint density at radius 3 is 2.43 bits per heavy atom. The molecule has 0 atom stereocenters. The van der Waals surface area contributed by atoms with Crippen LogP contribution in [-0.4, -0.2) is 14.8 Å². The average Bonchev–Trinajstić information content (AvgIpc) is 2.45. The van der Waals surface area contributed by atoms with Crippen molar-refractivity contribution in [3.63, 3.8) is 0 Å². The van der Waals surface area contributed by atoms with E-state index in [1.165, 1.54) is 0 Å². The van der Waals surface area contributed by atoms with Crippen LogP contribution in [0.5, 0.6) is 5.75 Å². The van der Waals surface area contributed by atoms with E-state index in [0.717, 1.165) is 24.3 Å². The van der Waals surface area contributed by atoms with Crippen molar-refractivity contribution in [2.24, 2.45) is 0 Å². The number of halogens is 4. The Morgan fingerprint density at radius 2 is 1.78 bits per heavy atom. The van der Waals surface area contributed by atoms with E-state index in [1.807, 2.05) is 0 Å². The van der Waals surface area contributed by atoms with Gasteiger partial charge in [0.15, 0.2) is 0 Å². The van der Waals surface area contributed by atoms with E-state index >= 15 is 0 Å². The van der Waals surface area contributed by atoms with Crippen molar-refractivity contribution in [1.29, 1.82) is 0 Å². The Bertz CT molecular complexity index is 794. The monoisotopic (exact) mass is 365 g/mol. The fourth-order valence-electron chi connectivity index (χ4n) is 1.74. The molecule has 0 aliphatic rings. The number of ether oxygens (including phenoxy) is 1. The molecule has 0 spiro atoms. The summed E-state index contributed by atoms with van der Waals surface area (Å²) in [5.41, 5.74) is 0.542. The SMILES string of the molecule is O=S(=O)(NCc1ccccc1Cl)c1cccc(OC(F)(F)F)c1. The Kier molecular flexibility index (Phi) is 5.18. The van der Waals surface area contributed by atoms with Crippen molar-refractivity contribution in [1.82, 2.24) is 4.72 Å². The number of nitrogens with one attached hydrogen (secondary N) is 1. The van der Waals surface area contributed by atoms with Crippen LogP contribution in [-0.2, 0) is 16.6 Å². The zero-order chi connectivity index (χ0) is 17.1. The van der Waals surface area contributed by atoms with Gasteiger partial charge in [-0.25, -0.2) is 13.1 Å². The summed E-state index contributed by atoms with van der Waals surface area (Å²) < 4.78 is 66.8. The predicted octanol–water partition coefficient (Wildman–Crippen LogP) is 3.72. The number of hydrogen-bond acceptors (Lipinski definition) is 3. The van der Waals surface area contributed by atoms with E-state index in [0.29, 0.717) is 10.6 Å². The second-order valence-corrected chi connectivity index (χ2v) is 6.61. The Labute approximate surface area is 135 Å². The summed E-state index contributed by atoms with van der Waals surface area (Å²) >= 11 is 5.92. The molecule has 0 aliphatic carbocycles. The van der Waals surface area contributed by atoms with Gasteiger partial charge in [-0.2, -0.15) is 0 Å². The maximum atomic E-state index is 12.2. The smallest absolute Gasteiger partial charge is 0.406 e. The molecule has 0 bridgehead atoms. The third kappa shape index (κ3) is 5.12. The third-order valence-electron chi connectivity index (χ3n) is 2.76. The van der Waals surface area contributed by atoms with Gasteiger partial charge in [-0.05, 0) is 23.8 Å². The van der Waals surface area contributed by atoms with E-state index in [4.69, 9.17) is 11.6 Å². The summed E-state index contributed by atoms with van der Waals surface area (Å²) in [5.74, 6) is -0.613. The van der Waals surface area contributed by atoms with E-state index < -0.39 is 22.1 Å². The standard InChI is InChI=1S/C14H11ClF3NO3S/c15-13-7-2-1-4-10(13)9-19-23(20,21)12-6-3-5-11(8-12)22-14(16,17)18/h1-8,19H,9H2. The summed E-state index contributed by atoms with van der Waals surface area (Å²) in [5, 5.41) is 0.379. The molecule has 0 radical (unpaired) electrons. The van der Waals surface area contributed by atoms with Crippen LogP contribution in [0.1, 0.15) is 5.56 Å². The van der Waals surface area contributed by atoms with Gasteiger partial charge >= 0.3 is 6.36 Å². The first-order valence-corrected chi connectivity index (χ1v) is 8.12. The van der Waals surface area contributed by atoms with Crippen LogP contribution in [0.3, 0.4) is 0 Å². The lowest BCUT2D eigenvalue weighted by molar-refractivity contribution is -0.274. The molecule has 1 N–H and O–H groups in total. The van der Waals surface area contributed by atoms with Crippen LogP contribution in [0.25, 0.3) is 0 Å². The number of alkyl halides is 3. The molecule has 0 saturated carbocycles. The van der Waals surface area contributed by atoms with E-state index in [-0.39, 0.29) is 11.4 Å². The molecule has 2 aromatic rings. The molecule has 9 heteroatoms. The van der Waals surface area contributed by atoms with Gasteiger partial charge in [-0.1, -0.05) is 35.9 Å². The molecule has 0 amide bonds. The maximum absolute atomic E-state index is 12.2. The summed E-state index contributed by atoms with van der Waals surface area (Å²) in [4.78, 5) is -0.341. The molecule has 0 aromatic heterocycles. The number of sulfonamides is 1. The lowest BCUT2D eigenvalue weighted by Crippen LogP contribution is -2.23. The lowest BCUT2D eigenvalue weighted by atomic mass is 10.2. The minimum Gasteiger partial charge on any atom is -0.406 e. The number of hydrogen-bond donors (Lipinski definition) is 1. The van der Waals surface area contributed by atoms with Gasteiger partial charge in [0.2, 0.25) is 10.0 Å². The highest BCUT2D eigenvalue weighted by molar-refractivity contribution is 7.89. The highest BCUT2D eigenvalue weighted by atomic mass is 35.5. The Hall–Kier alpha value is -1.77. The maximum Gasteiger partial charge on any atom is 0.573 e. The van der Waals surface area contributed by atoms with Crippen molar-refractivity contribution < 1.29 is 26.3 Å². The topological polar surface area (TPSA) is 55.4 Å². The molecule has 124 valence electrons. The molecular weight excluding hydrogens is 355 g/mol. The summed E-state index contributed by atoms with van der Waals surface area (Å²) in [7, 11) is -4.01. The number of benzene rings is 2. The second-order valence-electron chi connectivity index (χ2n) is 4.44. The van der Waals surface area contributed by atoms with Crippen LogP contribution in [0, 0.1) is 0 Å². The zero-order valence-corrected chi connectivity index (χ0v) is 13.0. The first-order chi connectivity index (χ1) is 10.7. The molecule has 2 aromatic carbocycles. The normalized spacial score (nSPS) is 12.2. The molecule has 0 unspecified atom stereocenters. The first kappa shape index (κ1) is 17.6. The van der Waals surface area contributed by atoms with Crippen molar-refractivity contribution in [3.8, 4) is 5.75 Å². The van der Waals surface area contributed by atoms with Gasteiger partial charge in [0, 0.05) is 17.6 Å². The Balaban J connectivity index is 2.16. The minimum absolute atomic E-state index is 0.0909. The van der Waals surface area contributed by atoms with Gasteiger partial charge in [-0.3, -0.25) is 0 Å². The Morgan fingerprint density at radius 1 is 1.09 bits per heavy atom. The molecule has 4 nitrogen and oxygen atoms in total. The van der Waals surface area contributed by atoms with Gasteiger partial charge in [0.05, 0.1) is 4.90 Å². The zero-order valence-electron chi connectivity index (χ0n) is 11.5. The van der Waals surface area contributed by atoms with Crippen LogP contribution in [0.2, 0.25) is 5.02 Å². The molecule has 23 heavy (non-hydrogen) atoms. The highest BCUT2D eigenvalue weighted by Gasteiger charge is 2.31. The van der Waals surface area contributed by atoms with Crippen molar-refractivity contribution in [3.05, 3.63) is 59.1 Å². The van der Waals surface area contributed by atoms with E-state index in [2.05, 4.69) is 9.46 Å². The average molecular weight is 366 g/mol. The van der Waals surface area contributed by atoms with Crippen LogP contribution in [0.4, 0.5) is 13.2 Å². The quantitative estimate of drug-likeness (QED) is 0.878. The molecule has 0 aliphatic heterocycles. The van der Waals surface area contributed by atoms with Crippen molar-refractivity contribution in [2.75, 3.05) is 0 Å². The number of rotatable bonds is 5. The molecule has 0 saturated heterocycles. The van der Waals surface area contributed by atoms with Gasteiger partial charge < -0.3 is 4.74 Å². The summed E-state index contributed by atoms with van der Waals surface area (Å²) in [6.45, 7) is -0.0909. The second kappa shape index (κ2) is 6.77. The summed E-state index contributed by atoms with van der Waals surface area (Å²) in [6.07, 6.45) is -4.90. The summed E-state index contributed by atoms with van der Waals surface area (Å²) in [6, 6.07) is 10.7. The van der Waals surface area contributed by atoms with Crippen LogP contribution < -0.4 is 9.46 Å². The van der Waals surface area contributed by atoms with Crippen molar-refractivity contribution in [2.45, 2.75) is 17.8 Å². The first-order valence-electron chi connectivity index (χ1n) is 6.26. The predicted molar refractivity (Wildman–Crippen MR) is 78.6 cm³/mol. The molecule has 0 fully saturated rings. The molecule has 2 rings (SSSR count). The minimum atomic E-state index is -4.90. The van der Waals surface area contributed by atoms with Gasteiger partial charge in [0.1, 0.15) is 5.75 Å². The third-order valence-corrected chi connectivity index (χ3v) is 4.53. The largest absolute Gasteiger partial charge is 0.573 e. The van der Waals surface area contributed by atoms with Crippen LogP contribution in [0.15, 0.2) is 53.4 Å².